The van der Waals surface area contributed by atoms with Gasteiger partial charge in [-0.2, -0.15) is 0 Å². The zero-order chi connectivity index (χ0) is 29.9. The third-order valence-corrected chi connectivity index (χ3v) is 9.09. The van der Waals surface area contributed by atoms with Gasteiger partial charge in [0, 0.05) is 41.2 Å². The van der Waals surface area contributed by atoms with Gasteiger partial charge in [-0.3, -0.25) is 19.3 Å². The fourth-order valence-electron chi connectivity index (χ4n) is 6.73. The van der Waals surface area contributed by atoms with Crippen molar-refractivity contribution in [2.75, 3.05) is 16.8 Å². The van der Waals surface area contributed by atoms with Gasteiger partial charge >= 0.3 is 0 Å². The Kier molecular flexibility index (Phi) is 6.41. The van der Waals surface area contributed by atoms with Crippen LogP contribution in [-0.4, -0.2) is 45.5 Å². The first-order valence-corrected chi connectivity index (χ1v) is 14.5. The molecule has 3 aliphatic heterocycles. The average molecular weight is 574 g/mol. The quantitative estimate of drug-likeness (QED) is 0.287. The highest BCUT2D eigenvalue weighted by Crippen LogP contribution is 2.47. The summed E-state index contributed by atoms with van der Waals surface area (Å²) < 4.78 is 0. The number of carbonyl (C=O) groups excluding carboxylic acids is 3. The van der Waals surface area contributed by atoms with Crippen LogP contribution in [0.5, 0.6) is 0 Å². The first-order chi connectivity index (χ1) is 20.8. The summed E-state index contributed by atoms with van der Waals surface area (Å²) in [4.78, 5) is 43.2. The minimum absolute atomic E-state index is 0.0676. The highest BCUT2D eigenvalue weighted by Gasteiger charge is 2.49. The van der Waals surface area contributed by atoms with E-state index in [0.29, 0.717) is 35.5 Å². The van der Waals surface area contributed by atoms with Crippen LogP contribution in [0.3, 0.4) is 0 Å². The number of rotatable bonds is 6. The van der Waals surface area contributed by atoms with Crippen molar-refractivity contribution in [2.45, 2.75) is 38.0 Å². The lowest BCUT2D eigenvalue weighted by Crippen LogP contribution is -2.46. The predicted molar refractivity (Wildman–Crippen MR) is 164 cm³/mol. The van der Waals surface area contributed by atoms with Crippen LogP contribution in [0.2, 0.25) is 0 Å². The van der Waals surface area contributed by atoms with Crippen molar-refractivity contribution in [3.63, 3.8) is 0 Å². The molecule has 3 atom stereocenters. The van der Waals surface area contributed by atoms with Crippen molar-refractivity contribution < 1.29 is 24.6 Å². The number of aliphatic hydroxyl groups excluding tert-OH is 1. The maximum absolute atomic E-state index is 13.5. The van der Waals surface area contributed by atoms with Gasteiger partial charge in [0.05, 0.1) is 23.9 Å². The van der Waals surface area contributed by atoms with E-state index in [1.54, 1.807) is 47.1 Å². The summed E-state index contributed by atoms with van der Waals surface area (Å²) in [6, 6.07) is 24.2. The smallest absolute Gasteiger partial charge is 0.263 e. The average Bonchev–Trinajstić information content (AvgIpc) is 3.46. The molecule has 4 aromatic carbocycles. The second-order valence-corrected chi connectivity index (χ2v) is 11.5. The lowest BCUT2D eigenvalue weighted by atomic mass is 9.82. The molecule has 0 spiro atoms. The van der Waals surface area contributed by atoms with E-state index in [2.05, 4.69) is 5.32 Å². The number of nitrogens with one attached hydrogen (secondary N) is 1. The first-order valence-electron chi connectivity index (χ1n) is 14.5. The van der Waals surface area contributed by atoms with E-state index >= 15 is 0 Å². The third-order valence-electron chi connectivity index (χ3n) is 9.09. The topological polar surface area (TPSA) is 110 Å². The molecule has 8 nitrogen and oxygen atoms in total. The Hall–Kier alpha value is -4.79. The van der Waals surface area contributed by atoms with Gasteiger partial charge in [0.25, 0.3) is 11.8 Å². The summed E-state index contributed by atoms with van der Waals surface area (Å²) in [7, 11) is 0. The number of fused-ring (bicyclic) bond motifs is 2. The van der Waals surface area contributed by atoms with E-state index in [9.17, 15) is 24.6 Å². The number of aliphatic hydroxyl groups is 2. The van der Waals surface area contributed by atoms with Gasteiger partial charge in [0.15, 0.2) is 5.60 Å². The van der Waals surface area contributed by atoms with Gasteiger partial charge in [-0.1, -0.05) is 67.6 Å². The highest BCUT2D eigenvalue weighted by molar-refractivity contribution is 6.28. The molecule has 3 amide bonds. The van der Waals surface area contributed by atoms with Crippen LogP contribution >= 0.6 is 0 Å². The van der Waals surface area contributed by atoms with Crippen molar-refractivity contribution in [1.82, 2.24) is 4.90 Å². The lowest BCUT2D eigenvalue weighted by molar-refractivity contribution is -0.137. The van der Waals surface area contributed by atoms with Gasteiger partial charge in [0.2, 0.25) is 5.91 Å². The fourth-order valence-corrected chi connectivity index (χ4v) is 6.73. The molecule has 43 heavy (non-hydrogen) atoms. The maximum Gasteiger partial charge on any atom is 0.263 e. The molecule has 0 saturated carbocycles. The number of nitrogens with zero attached hydrogens (tertiary/aromatic N) is 2. The molecule has 3 heterocycles. The summed E-state index contributed by atoms with van der Waals surface area (Å²) in [5, 5.41) is 26.4. The monoisotopic (exact) mass is 573 g/mol. The van der Waals surface area contributed by atoms with Crippen molar-refractivity contribution in [3.8, 4) is 0 Å². The van der Waals surface area contributed by atoms with Gasteiger partial charge in [-0.25, -0.2) is 0 Å². The normalized spacial score (nSPS) is 21.3. The molecule has 216 valence electrons. The molecule has 0 unspecified atom stereocenters. The zero-order valence-electron chi connectivity index (χ0n) is 23.7. The Labute approximate surface area is 248 Å². The number of benzene rings is 4. The summed E-state index contributed by atoms with van der Waals surface area (Å²) in [6.07, 6.45) is 4.02. The van der Waals surface area contributed by atoms with E-state index in [-0.39, 0.29) is 30.9 Å². The largest absolute Gasteiger partial charge is 0.394 e. The minimum atomic E-state index is -1.90. The molecule has 0 aliphatic carbocycles. The van der Waals surface area contributed by atoms with E-state index in [4.69, 9.17) is 0 Å². The molecule has 0 fully saturated rings. The number of amides is 3. The number of hydrogen-bond acceptors (Lipinski definition) is 5. The first kappa shape index (κ1) is 27.1. The van der Waals surface area contributed by atoms with Crippen molar-refractivity contribution in [1.29, 1.82) is 0 Å². The van der Waals surface area contributed by atoms with Gasteiger partial charge in [-0.15, -0.1) is 0 Å². The fraction of sp³-hybridized carbons (Fsp3) is 0.229. The summed E-state index contributed by atoms with van der Waals surface area (Å²) in [5.74, 6) is -1.54. The Balaban J connectivity index is 1.13. The van der Waals surface area contributed by atoms with Crippen LogP contribution in [-0.2, 0) is 28.2 Å². The van der Waals surface area contributed by atoms with E-state index < -0.39 is 17.4 Å². The van der Waals surface area contributed by atoms with Crippen molar-refractivity contribution in [3.05, 3.63) is 113 Å². The van der Waals surface area contributed by atoms with Crippen LogP contribution in [0, 0.1) is 5.92 Å². The van der Waals surface area contributed by atoms with E-state index in [0.717, 1.165) is 27.6 Å². The van der Waals surface area contributed by atoms with Crippen LogP contribution in [0.4, 0.5) is 17.1 Å². The van der Waals surface area contributed by atoms with Gasteiger partial charge in [0.1, 0.15) is 0 Å². The molecule has 4 aromatic rings. The minimum Gasteiger partial charge on any atom is -0.394 e. The van der Waals surface area contributed by atoms with Crippen LogP contribution < -0.4 is 10.2 Å². The molecule has 8 heteroatoms. The molecular formula is C35H31N3O5. The molecule has 0 saturated heterocycles. The maximum atomic E-state index is 13.5. The van der Waals surface area contributed by atoms with Crippen molar-refractivity contribution in [2.24, 2.45) is 5.92 Å². The Morgan fingerprint density at radius 3 is 2.60 bits per heavy atom. The lowest BCUT2D eigenvalue weighted by Gasteiger charge is -2.36. The summed E-state index contributed by atoms with van der Waals surface area (Å²) in [5.41, 5.74) is 3.08. The molecule has 0 radical (unpaired) electrons. The zero-order valence-corrected chi connectivity index (χ0v) is 23.7. The Morgan fingerprint density at radius 2 is 1.81 bits per heavy atom. The second-order valence-electron chi connectivity index (χ2n) is 11.5. The molecule has 0 aromatic heterocycles. The van der Waals surface area contributed by atoms with E-state index in [1.165, 1.54) is 0 Å². The standard InChI is InChI=1S/C35H31N3O5/c1-21(7-4-14-31(40)37-19-24-9-3-2-8-23(24)17-26(37)20-39)35(43)28-18-25(15-16-29(28)36-34(35)42)38-30-13-6-11-22-10-5-12-27(32(22)30)33(38)41/h2-13,15-16,18,21,26,39,43H,14,17,19-20H2,1H3,(H,36,42)/b7-4+/t21-,26+,35+/m1/s1. The number of carbonyl (C=O) groups is 3. The number of anilines is 3. The Bertz CT molecular complexity index is 1840. The highest BCUT2D eigenvalue weighted by atomic mass is 16.3. The molecular weight excluding hydrogens is 542 g/mol. The summed E-state index contributed by atoms with van der Waals surface area (Å²) >= 11 is 0. The van der Waals surface area contributed by atoms with Gasteiger partial charge in [-0.05, 0) is 53.3 Å². The molecule has 3 N–H and O–H groups in total. The molecule has 7 rings (SSSR count). The van der Waals surface area contributed by atoms with Crippen LogP contribution in [0.1, 0.15) is 40.4 Å². The summed E-state index contributed by atoms with van der Waals surface area (Å²) in [6.45, 7) is 2.03. The molecule has 3 aliphatic rings. The van der Waals surface area contributed by atoms with Crippen molar-refractivity contribution >= 4 is 45.6 Å². The van der Waals surface area contributed by atoms with Crippen LogP contribution in [0.25, 0.3) is 10.8 Å². The Morgan fingerprint density at radius 1 is 1.05 bits per heavy atom. The van der Waals surface area contributed by atoms with E-state index in [1.807, 2.05) is 60.7 Å². The van der Waals surface area contributed by atoms with Gasteiger partial charge < -0.3 is 20.4 Å². The SMILES string of the molecule is C[C@H](/C=C/CC(=O)N1Cc2ccccc2C[C@H]1CO)[C@@]1(O)C(=O)Nc2ccc(N3C(=O)c4cccc5cccc3c45)cc21. The predicted octanol–water partition coefficient (Wildman–Crippen LogP) is 4.80. The number of hydrogen-bond donors (Lipinski definition) is 3. The second kappa shape index (κ2) is 10.2. The third kappa shape index (κ3) is 4.17. The van der Waals surface area contributed by atoms with Crippen LogP contribution in [0.15, 0.2) is 91.0 Å². The molecule has 0 bridgehead atoms.